The quantitative estimate of drug-likeness (QED) is 0.779. The number of thiocarbonyl (C=S) groups is 1. The van der Waals surface area contributed by atoms with Crippen molar-refractivity contribution in [2.24, 2.45) is 0 Å². The summed E-state index contributed by atoms with van der Waals surface area (Å²) in [4.78, 5) is 0. The Kier molecular flexibility index (Phi) is 5.67. The van der Waals surface area contributed by atoms with Gasteiger partial charge in [0.2, 0.25) is 0 Å². The molecule has 2 N–H and O–H groups in total. The van der Waals surface area contributed by atoms with Gasteiger partial charge in [0.1, 0.15) is 11.5 Å². The molecule has 0 amide bonds. The van der Waals surface area contributed by atoms with E-state index >= 15 is 0 Å². The molecule has 2 aromatic rings. The third-order valence-corrected chi connectivity index (χ3v) is 3.85. The molecule has 128 valence electrons. The van der Waals surface area contributed by atoms with Gasteiger partial charge in [-0.15, -0.1) is 0 Å². The fourth-order valence-corrected chi connectivity index (χ4v) is 2.49. The van der Waals surface area contributed by atoms with Crippen molar-refractivity contribution in [3.05, 3.63) is 48.0 Å². The third kappa shape index (κ3) is 4.61. The molecule has 4 nitrogen and oxygen atoms in total. The highest BCUT2D eigenvalue weighted by Gasteiger charge is 2.16. The van der Waals surface area contributed by atoms with Crippen molar-refractivity contribution in [2.45, 2.75) is 26.2 Å². The molecule has 0 bridgehead atoms. The molecule has 2 rings (SSSR count). The summed E-state index contributed by atoms with van der Waals surface area (Å²) in [6, 6.07) is 13.7. The van der Waals surface area contributed by atoms with Crippen LogP contribution >= 0.6 is 12.2 Å². The molecule has 0 heterocycles. The summed E-state index contributed by atoms with van der Waals surface area (Å²) in [6.07, 6.45) is 0. The summed E-state index contributed by atoms with van der Waals surface area (Å²) in [5.41, 5.74) is 2.95. The van der Waals surface area contributed by atoms with E-state index in [1.54, 1.807) is 14.2 Å². The van der Waals surface area contributed by atoms with Crippen molar-refractivity contribution in [3.8, 4) is 11.5 Å². The minimum Gasteiger partial charge on any atom is -0.497 e. The Balaban J connectivity index is 2.18. The molecule has 0 atom stereocenters. The Hall–Kier alpha value is -2.27. The topological polar surface area (TPSA) is 42.5 Å². The number of anilines is 2. The fraction of sp³-hybridized carbons (Fsp3) is 0.316. The van der Waals surface area contributed by atoms with Crippen molar-refractivity contribution in [1.82, 2.24) is 0 Å². The molecule has 2 aromatic carbocycles. The molecule has 24 heavy (non-hydrogen) atoms. The summed E-state index contributed by atoms with van der Waals surface area (Å²) < 4.78 is 10.7. The molecule has 0 saturated heterocycles. The van der Waals surface area contributed by atoms with E-state index in [9.17, 15) is 0 Å². The van der Waals surface area contributed by atoms with Crippen molar-refractivity contribution in [3.63, 3.8) is 0 Å². The van der Waals surface area contributed by atoms with Crippen LogP contribution in [0.5, 0.6) is 11.5 Å². The van der Waals surface area contributed by atoms with E-state index in [0.717, 1.165) is 22.9 Å². The Morgan fingerprint density at radius 2 is 1.71 bits per heavy atom. The van der Waals surface area contributed by atoms with Gasteiger partial charge in [-0.25, -0.2) is 0 Å². The van der Waals surface area contributed by atoms with Gasteiger partial charge < -0.3 is 20.1 Å². The van der Waals surface area contributed by atoms with Gasteiger partial charge >= 0.3 is 0 Å². The lowest BCUT2D eigenvalue weighted by molar-refractivity contribution is 0.415. The molecule has 0 radical (unpaired) electrons. The molecule has 0 unspecified atom stereocenters. The summed E-state index contributed by atoms with van der Waals surface area (Å²) in [6.45, 7) is 6.52. The molecule has 0 aromatic heterocycles. The zero-order valence-electron chi connectivity index (χ0n) is 14.8. The Morgan fingerprint density at radius 3 is 2.33 bits per heavy atom. The maximum Gasteiger partial charge on any atom is 0.175 e. The smallest absolute Gasteiger partial charge is 0.175 e. The van der Waals surface area contributed by atoms with Crippen LogP contribution < -0.4 is 20.1 Å². The first kappa shape index (κ1) is 18.1. The van der Waals surface area contributed by atoms with Gasteiger partial charge in [0.25, 0.3) is 0 Å². The summed E-state index contributed by atoms with van der Waals surface area (Å²) in [5.74, 6) is 1.52. The monoisotopic (exact) mass is 344 g/mol. The van der Waals surface area contributed by atoms with E-state index in [1.807, 2.05) is 30.3 Å². The van der Waals surface area contributed by atoms with Gasteiger partial charge in [-0.2, -0.15) is 0 Å². The third-order valence-electron chi connectivity index (χ3n) is 3.64. The Bertz CT molecular complexity index is 724. The summed E-state index contributed by atoms with van der Waals surface area (Å²) in [5, 5.41) is 6.87. The number of methoxy groups -OCH3 is 2. The van der Waals surface area contributed by atoms with Gasteiger partial charge in [0, 0.05) is 11.8 Å². The van der Waals surface area contributed by atoms with Crippen molar-refractivity contribution in [1.29, 1.82) is 0 Å². The van der Waals surface area contributed by atoms with Gasteiger partial charge in [0.15, 0.2) is 5.11 Å². The fourth-order valence-electron chi connectivity index (χ4n) is 2.26. The molecule has 0 spiro atoms. The van der Waals surface area contributed by atoms with Crippen molar-refractivity contribution < 1.29 is 9.47 Å². The summed E-state index contributed by atoms with van der Waals surface area (Å²) in [7, 11) is 3.29. The first-order valence-electron chi connectivity index (χ1n) is 7.74. The van der Waals surface area contributed by atoms with Crippen LogP contribution in [0.3, 0.4) is 0 Å². The minimum absolute atomic E-state index is 0.0462. The molecule has 0 aliphatic heterocycles. The Morgan fingerprint density at radius 1 is 0.958 bits per heavy atom. The van der Waals surface area contributed by atoms with Crippen LogP contribution in [0.4, 0.5) is 11.4 Å². The minimum atomic E-state index is 0.0462. The number of benzene rings is 2. The maximum absolute atomic E-state index is 5.43. The maximum atomic E-state index is 5.43. The van der Waals surface area contributed by atoms with E-state index in [1.165, 1.54) is 5.56 Å². The predicted octanol–water partition coefficient (Wildman–Crippen LogP) is 4.81. The van der Waals surface area contributed by atoms with Gasteiger partial charge in [-0.05, 0) is 47.5 Å². The second kappa shape index (κ2) is 7.53. The Labute approximate surface area is 149 Å². The first-order valence-corrected chi connectivity index (χ1v) is 8.15. The standard InChI is InChI=1S/C19H24N2O2S/c1-19(2,3)13-9-10-17(23-5)16(11-13)21-18(24)20-14-7-6-8-15(12-14)22-4/h6-12H,1-5H3,(H2,20,21,24). The van der Waals surface area contributed by atoms with E-state index in [4.69, 9.17) is 21.7 Å². The lowest BCUT2D eigenvalue weighted by Crippen LogP contribution is -2.20. The zero-order valence-corrected chi connectivity index (χ0v) is 15.6. The lowest BCUT2D eigenvalue weighted by atomic mass is 9.87. The predicted molar refractivity (Wildman–Crippen MR) is 105 cm³/mol. The van der Waals surface area contributed by atoms with Crippen LogP contribution in [0.25, 0.3) is 0 Å². The van der Waals surface area contributed by atoms with E-state index in [2.05, 4.69) is 43.5 Å². The largest absolute Gasteiger partial charge is 0.497 e. The molecule has 5 heteroatoms. The normalized spacial score (nSPS) is 10.9. The van der Waals surface area contributed by atoms with Crippen molar-refractivity contribution >= 4 is 28.7 Å². The highest BCUT2D eigenvalue weighted by Crippen LogP contribution is 2.31. The van der Waals surface area contributed by atoms with Gasteiger partial charge in [-0.1, -0.05) is 32.9 Å². The number of hydrogen-bond donors (Lipinski definition) is 2. The number of ether oxygens (including phenoxy) is 2. The molecule has 0 fully saturated rings. The molecule has 0 saturated carbocycles. The average molecular weight is 344 g/mol. The van der Waals surface area contributed by atoms with Crippen molar-refractivity contribution in [2.75, 3.05) is 24.9 Å². The highest BCUT2D eigenvalue weighted by atomic mass is 32.1. The van der Waals surface area contributed by atoms with Gasteiger partial charge in [0.05, 0.1) is 19.9 Å². The average Bonchev–Trinajstić information content (AvgIpc) is 2.54. The SMILES string of the molecule is COc1cccc(NC(=S)Nc2cc(C(C)(C)C)ccc2OC)c1. The van der Waals surface area contributed by atoms with Crippen LogP contribution in [-0.2, 0) is 5.41 Å². The van der Waals surface area contributed by atoms with Crippen LogP contribution in [0.15, 0.2) is 42.5 Å². The molecular weight excluding hydrogens is 320 g/mol. The second-order valence-corrected chi connectivity index (χ2v) is 6.88. The van der Waals surface area contributed by atoms with Crippen LogP contribution in [0, 0.1) is 0 Å². The number of rotatable bonds is 4. The number of hydrogen-bond acceptors (Lipinski definition) is 3. The van der Waals surface area contributed by atoms with Gasteiger partial charge in [-0.3, -0.25) is 0 Å². The summed E-state index contributed by atoms with van der Waals surface area (Å²) >= 11 is 5.42. The molecule has 0 aliphatic rings. The van der Waals surface area contributed by atoms with E-state index in [-0.39, 0.29) is 5.41 Å². The number of nitrogens with one attached hydrogen (secondary N) is 2. The van der Waals surface area contributed by atoms with Crippen LogP contribution in [-0.4, -0.2) is 19.3 Å². The second-order valence-electron chi connectivity index (χ2n) is 6.48. The van der Waals surface area contributed by atoms with Crippen LogP contribution in [0.2, 0.25) is 0 Å². The first-order chi connectivity index (χ1) is 11.3. The lowest BCUT2D eigenvalue weighted by Gasteiger charge is -2.22. The molecular formula is C19H24N2O2S. The highest BCUT2D eigenvalue weighted by molar-refractivity contribution is 7.80. The van der Waals surface area contributed by atoms with E-state index in [0.29, 0.717) is 5.11 Å². The van der Waals surface area contributed by atoms with E-state index < -0.39 is 0 Å². The van der Waals surface area contributed by atoms with Crippen LogP contribution in [0.1, 0.15) is 26.3 Å². The molecule has 0 aliphatic carbocycles. The zero-order chi connectivity index (χ0) is 17.7.